The first kappa shape index (κ1) is 17.0. The lowest BCUT2D eigenvalue weighted by Gasteiger charge is -2.18. The Morgan fingerprint density at radius 1 is 0.960 bits per heavy atom. The van der Waals surface area contributed by atoms with E-state index in [9.17, 15) is 4.79 Å². The number of carbonyl (C=O) groups excluding carboxylic acids is 1. The van der Waals surface area contributed by atoms with Crippen LogP contribution < -0.4 is 10.6 Å². The number of benzene rings is 2. The van der Waals surface area contributed by atoms with Crippen molar-refractivity contribution in [3.63, 3.8) is 0 Å². The Morgan fingerprint density at radius 2 is 1.68 bits per heavy atom. The van der Waals surface area contributed by atoms with Crippen LogP contribution >= 0.6 is 0 Å². The quantitative estimate of drug-likeness (QED) is 0.734. The number of rotatable bonds is 5. The molecule has 0 unspecified atom stereocenters. The van der Waals surface area contributed by atoms with Crippen LogP contribution in [0.15, 0.2) is 67.0 Å². The highest BCUT2D eigenvalue weighted by molar-refractivity contribution is 5.83. The Labute approximate surface area is 148 Å². The fraction of sp³-hybridized carbons (Fsp3) is 0.238. The molecular formula is C21H23N3O. The van der Waals surface area contributed by atoms with E-state index in [1.165, 1.54) is 16.3 Å². The molecule has 2 amide bonds. The monoisotopic (exact) mass is 333 g/mol. The van der Waals surface area contributed by atoms with E-state index in [1.807, 2.05) is 38.1 Å². The van der Waals surface area contributed by atoms with E-state index < -0.39 is 0 Å². The Hall–Kier alpha value is -2.88. The largest absolute Gasteiger partial charge is 0.335 e. The Kier molecular flexibility index (Phi) is 5.29. The maximum atomic E-state index is 12.2. The van der Waals surface area contributed by atoms with Crippen molar-refractivity contribution in [1.29, 1.82) is 0 Å². The number of nitrogens with one attached hydrogen (secondary N) is 2. The highest BCUT2D eigenvalue weighted by Gasteiger charge is 2.12. The molecule has 1 aromatic heterocycles. The number of carbonyl (C=O) groups is 1. The lowest BCUT2D eigenvalue weighted by molar-refractivity contribution is 0.234. The zero-order valence-electron chi connectivity index (χ0n) is 14.6. The summed E-state index contributed by atoms with van der Waals surface area (Å²) in [6.45, 7) is 3.98. The smallest absolute Gasteiger partial charge is 0.315 e. The number of aromatic nitrogens is 1. The van der Waals surface area contributed by atoms with E-state index >= 15 is 0 Å². The molecule has 0 aliphatic carbocycles. The van der Waals surface area contributed by atoms with Gasteiger partial charge in [0, 0.05) is 18.4 Å². The molecule has 3 aromatic rings. The minimum absolute atomic E-state index is 0.0470. The van der Waals surface area contributed by atoms with Gasteiger partial charge in [0.2, 0.25) is 0 Å². The minimum Gasteiger partial charge on any atom is -0.335 e. The van der Waals surface area contributed by atoms with Gasteiger partial charge in [-0.25, -0.2) is 4.79 Å². The van der Waals surface area contributed by atoms with Crippen LogP contribution in [0.4, 0.5) is 4.79 Å². The molecule has 3 rings (SSSR count). The van der Waals surface area contributed by atoms with Crippen LogP contribution in [0.5, 0.6) is 0 Å². The minimum atomic E-state index is -0.155. The molecular weight excluding hydrogens is 310 g/mol. The first-order chi connectivity index (χ1) is 12.1. The number of urea groups is 1. The van der Waals surface area contributed by atoms with E-state index in [1.54, 1.807) is 12.4 Å². The first-order valence-corrected chi connectivity index (χ1v) is 8.56. The van der Waals surface area contributed by atoms with Crippen molar-refractivity contribution < 1.29 is 4.79 Å². The van der Waals surface area contributed by atoms with Gasteiger partial charge in [-0.1, -0.05) is 42.5 Å². The van der Waals surface area contributed by atoms with Crippen molar-refractivity contribution in [2.24, 2.45) is 0 Å². The summed E-state index contributed by atoms with van der Waals surface area (Å²) < 4.78 is 0. The summed E-state index contributed by atoms with van der Waals surface area (Å²) in [7, 11) is 0. The van der Waals surface area contributed by atoms with Crippen molar-refractivity contribution in [3.05, 3.63) is 78.1 Å². The number of fused-ring (bicyclic) bond motifs is 1. The zero-order chi connectivity index (χ0) is 17.6. The maximum absolute atomic E-state index is 12.2. The number of hydrogen-bond acceptors (Lipinski definition) is 2. The van der Waals surface area contributed by atoms with Gasteiger partial charge in [0.25, 0.3) is 0 Å². The van der Waals surface area contributed by atoms with E-state index in [0.29, 0.717) is 0 Å². The van der Waals surface area contributed by atoms with Gasteiger partial charge in [-0.3, -0.25) is 4.98 Å². The third-order valence-corrected chi connectivity index (χ3v) is 4.29. The SMILES string of the molecule is C[C@@H](Cc1ccc2ccccc2c1)NC(=O)N[C@H](C)c1ccncc1. The molecule has 4 heteroatoms. The molecule has 0 radical (unpaired) electrons. The van der Waals surface area contributed by atoms with Crippen LogP contribution in [0.2, 0.25) is 0 Å². The number of amides is 2. The van der Waals surface area contributed by atoms with Crippen LogP contribution in [0, 0.1) is 0 Å². The molecule has 0 aliphatic heterocycles. The van der Waals surface area contributed by atoms with Crippen molar-refractivity contribution in [2.45, 2.75) is 32.4 Å². The van der Waals surface area contributed by atoms with E-state index in [2.05, 4.69) is 45.9 Å². The second-order valence-electron chi connectivity index (χ2n) is 6.41. The van der Waals surface area contributed by atoms with Gasteiger partial charge in [0.05, 0.1) is 6.04 Å². The highest BCUT2D eigenvalue weighted by atomic mass is 16.2. The zero-order valence-corrected chi connectivity index (χ0v) is 14.6. The summed E-state index contributed by atoms with van der Waals surface area (Å²) in [5.41, 5.74) is 2.25. The molecule has 2 atom stereocenters. The summed E-state index contributed by atoms with van der Waals surface area (Å²) in [5, 5.41) is 8.43. The van der Waals surface area contributed by atoms with Gasteiger partial charge in [-0.15, -0.1) is 0 Å². The van der Waals surface area contributed by atoms with Crippen LogP contribution in [-0.4, -0.2) is 17.1 Å². The second kappa shape index (κ2) is 7.79. The van der Waals surface area contributed by atoms with Gasteiger partial charge in [-0.2, -0.15) is 0 Å². The van der Waals surface area contributed by atoms with Crippen molar-refractivity contribution in [3.8, 4) is 0 Å². The third-order valence-electron chi connectivity index (χ3n) is 4.29. The molecule has 1 heterocycles. The van der Waals surface area contributed by atoms with Crippen LogP contribution in [-0.2, 0) is 6.42 Å². The summed E-state index contributed by atoms with van der Waals surface area (Å²) in [6.07, 6.45) is 4.25. The fourth-order valence-corrected chi connectivity index (χ4v) is 2.97. The molecule has 0 saturated carbocycles. The van der Waals surface area contributed by atoms with Crippen LogP contribution in [0.25, 0.3) is 10.8 Å². The summed E-state index contributed by atoms with van der Waals surface area (Å²) in [4.78, 5) is 16.2. The number of pyridine rings is 1. The number of nitrogens with zero attached hydrogens (tertiary/aromatic N) is 1. The van der Waals surface area contributed by atoms with Crippen molar-refractivity contribution >= 4 is 16.8 Å². The van der Waals surface area contributed by atoms with Crippen molar-refractivity contribution in [1.82, 2.24) is 15.6 Å². The van der Waals surface area contributed by atoms with Crippen LogP contribution in [0.3, 0.4) is 0 Å². The van der Waals surface area contributed by atoms with Gasteiger partial charge < -0.3 is 10.6 Å². The molecule has 0 saturated heterocycles. The number of hydrogen-bond donors (Lipinski definition) is 2. The molecule has 2 N–H and O–H groups in total. The van der Waals surface area contributed by atoms with Gasteiger partial charge in [0.1, 0.15) is 0 Å². The Bertz CT molecular complexity index is 848. The van der Waals surface area contributed by atoms with Gasteiger partial charge in [0.15, 0.2) is 0 Å². The van der Waals surface area contributed by atoms with Crippen molar-refractivity contribution in [2.75, 3.05) is 0 Å². The second-order valence-corrected chi connectivity index (χ2v) is 6.41. The molecule has 0 fully saturated rings. The highest BCUT2D eigenvalue weighted by Crippen LogP contribution is 2.16. The molecule has 4 nitrogen and oxygen atoms in total. The van der Waals surface area contributed by atoms with E-state index in [0.717, 1.165) is 12.0 Å². The summed E-state index contributed by atoms with van der Waals surface area (Å²) in [6, 6.07) is 18.4. The summed E-state index contributed by atoms with van der Waals surface area (Å²) in [5.74, 6) is 0. The van der Waals surface area contributed by atoms with E-state index in [4.69, 9.17) is 0 Å². The molecule has 0 spiro atoms. The standard InChI is InChI=1S/C21H23N3O/c1-15(13-17-7-8-19-5-3-4-6-20(19)14-17)23-21(25)24-16(2)18-9-11-22-12-10-18/h3-12,14-16H,13H2,1-2H3,(H2,23,24,25)/t15-,16+/m0/s1. The van der Waals surface area contributed by atoms with Gasteiger partial charge in [-0.05, 0) is 54.3 Å². The Morgan fingerprint density at radius 3 is 2.44 bits per heavy atom. The predicted octanol–water partition coefficient (Wildman–Crippen LogP) is 4.23. The topological polar surface area (TPSA) is 54.0 Å². The van der Waals surface area contributed by atoms with Crippen LogP contribution in [0.1, 0.15) is 31.0 Å². The fourth-order valence-electron chi connectivity index (χ4n) is 2.97. The molecule has 0 aliphatic rings. The van der Waals surface area contributed by atoms with E-state index in [-0.39, 0.29) is 18.1 Å². The molecule has 128 valence electrons. The average Bonchev–Trinajstić information content (AvgIpc) is 2.62. The maximum Gasteiger partial charge on any atom is 0.315 e. The Balaban J connectivity index is 1.55. The first-order valence-electron chi connectivity index (χ1n) is 8.56. The molecule has 2 aromatic carbocycles. The summed E-state index contributed by atoms with van der Waals surface area (Å²) >= 11 is 0. The van der Waals surface area contributed by atoms with Gasteiger partial charge >= 0.3 is 6.03 Å². The third kappa shape index (κ3) is 4.57. The normalized spacial score (nSPS) is 13.2. The molecule has 25 heavy (non-hydrogen) atoms. The average molecular weight is 333 g/mol. The lowest BCUT2D eigenvalue weighted by atomic mass is 10.0. The predicted molar refractivity (Wildman–Crippen MR) is 101 cm³/mol. The molecule has 0 bridgehead atoms. The lowest BCUT2D eigenvalue weighted by Crippen LogP contribution is -2.42.